The van der Waals surface area contributed by atoms with Crippen LogP contribution in [-0.4, -0.2) is 36.1 Å². The van der Waals surface area contributed by atoms with E-state index in [2.05, 4.69) is 10.6 Å². The van der Waals surface area contributed by atoms with Crippen LogP contribution in [0, 0.1) is 10.1 Å². The number of nitro benzene ring substituents is 1. The zero-order valence-corrected chi connectivity index (χ0v) is 15.7. The van der Waals surface area contributed by atoms with Gasteiger partial charge in [-0.25, -0.2) is 0 Å². The molecule has 0 aliphatic carbocycles. The number of alkyl halides is 3. The summed E-state index contributed by atoms with van der Waals surface area (Å²) >= 11 is 0. The van der Waals surface area contributed by atoms with Crippen LogP contribution < -0.4 is 20.1 Å². The van der Waals surface area contributed by atoms with Crippen molar-refractivity contribution in [1.82, 2.24) is 5.32 Å². The van der Waals surface area contributed by atoms with E-state index >= 15 is 0 Å². The molecule has 2 atom stereocenters. The number of nitro groups is 1. The van der Waals surface area contributed by atoms with Crippen molar-refractivity contribution in [3.05, 3.63) is 58.1 Å². The first kappa shape index (κ1) is 21.2. The van der Waals surface area contributed by atoms with Gasteiger partial charge in [-0.1, -0.05) is 12.1 Å². The lowest BCUT2D eigenvalue weighted by molar-refractivity contribution is -0.384. The van der Waals surface area contributed by atoms with Gasteiger partial charge in [0, 0.05) is 6.07 Å². The summed E-state index contributed by atoms with van der Waals surface area (Å²) in [6.45, 7) is 1.78. The molecule has 1 aliphatic heterocycles. The number of para-hydroxylation sites is 2. The average molecular weight is 425 g/mol. The van der Waals surface area contributed by atoms with E-state index in [1.165, 1.54) is 6.92 Å². The number of fused-ring (bicyclic) bond motifs is 1. The van der Waals surface area contributed by atoms with Crippen molar-refractivity contribution in [2.75, 3.05) is 18.5 Å². The highest BCUT2D eigenvalue weighted by molar-refractivity contribution is 5.85. The molecule has 0 aromatic heterocycles. The summed E-state index contributed by atoms with van der Waals surface area (Å²) < 4.78 is 49.6. The molecule has 30 heavy (non-hydrogen) atoms. The van der Waals surface area contributed by atoms with E-state index in [1.807, 2.05) is 0 Å². The van der Waals surface area contributed by atoms with E-state index in [0.29, 0.717) is 23.6 Å². The minimum atomic E-state index is -4.72. The molecular weight excluding hydrogens is 407 g/mol. The second-order valence-corrected chi connectivity index (χ2v) is 6.60. The average Bonchev–Trinajstić information content (AvgIpc) is 2.71. The minimum Gasteiger partial charge on any atom is -0.486 e. The van der Waals surface area contributed by atoms with Crippen LogP contribution in [0.15, 0.2) is 42.5 Å². The Labute approximate surface area is 169 Å². The number of nitrogens with zero attached hydrogens (tertiary/aromatic N) is 1. The molecule has 0 radical (unpaired) electrons. The Morgan fingerprint density at radius 2 is 1.97 bits per heavy atom. The molecule has 11 heteroatoms. The molecule has 0 fully saturated rings. The van der Waals surface area contributed by atoms with Crippen LogP contribution in [0.3, 0.4) is 0 Å². The molecule has 1 heterocycles. The van der Waals surface area contributed by atoms with Crippen molar-refractivity contribution in [3.8, 4) is 11.5 Å². The number of anilines is 1. The number of ether oxygens (including phenoxy) is 2. The van der Waals surface area contributed by atoms with Gasteiger partial charge in [-0.05, 0) is 31.2 Å². The summed E-state index contributed by atoms with van der Waals surface area (Å²) in [5.41, 5.74) is -2.11. The predicted molar refractivity (Wildman–Crippen MR) is 101 cm³/mol. The highest BCUT2D eigenvalue weighted by Gasteiger charge is 2.33. The predicted octanol–water partition coefficient (Wildman–Crippen LogP) is 3.37. The third kappa shape index (κ3) is 4.91. The SMILES string of the molecule is C[C@H](Nc1ccc(C(F)(F)F)cc1[N+](=O)[O-])C(=O)NCC1COc2ccccc2O1. The van der Waals surface area contributed by atoms with E-state index < -0.39 is 40.4 Å². The van der Waals surface area contributed by atoms with Gasteiger partial charge < -0.3 is 20.1 Å². The topological polar surface area (TPSA) is 103 Å². The van der Waals surface area contributed by atoms with E-state index in [9.17, 15) is 28.1 Å². The van der Waals surface area contributed by atoms with Crippen molar-refractivity contribution in [1.29, 1.82) is 0 Å². The van der Waals surface area contributed by atoms with Crippen LogP contribution >= 0.6 is 0 Å². The van der Waals surface area contributed by atoms with Gasteiger partial charge in [0.1, 0.15) is 24.4 Å². The standard InChI is InChI=1S/C19H18F3N3O5/c1-11(24-14-7-6-12(19(20,21)22)8-15(14)25(27)28)18(26)23-9-13-10-29-16-4-2-3-5-17(16)30-13/h2-8,11,13,24H,9-10H2,1H3,(H,23,26)/t11-,13?/m0/s1. The second-order valence-electron chi connectivity index (χ2n) is 6.60. The molecule has 2 aromatic carbocycles. The first-order valence-corrected chi connectivity index (χ1v) is 8.93. The van der Waals surface area contributed by atoms with Gasteiger partial charge in [-0.15, -0.1) is 0 Å². The summed E-state index contributed by atoms with van der Waals surface area (Å²) in [6, 6.07) is 8.20. The summed E-state index contributed by atoms with van der Waals surface area (Å²) in [5.74, 6) is 0.644. The van der Waals surface area contributed by atoms with Crippen LogP contribution in [0.1, 0.15) is 12.5 Å². The largest absolute Gasteiger partial charge is 0.486 e. The van der Waals surface area contributed by atoms with Crippen LogP contribution in [-0.2, 0) is 11.0 Å². The fraction of sp³-hybridized carbons (Fsp3) is 0.316. The van der Waals surface area contributed by atoms with Gasteiger partial charge in [0.2, 0.25) is 5.91 Å². The zero-order valence-electron chi connectivity index (χ0n) is 15.7. The maximum Gasteiger partial charge on any atom is 0.416 e. The Morgan fingerprint density at radius 1 is 1.27 bits per heavy atom. The molecule has 1 unspecified atom stereocenters. The number of hydrogen-bond donors (Lipinski definition) is 2. The number of carbonyl (C=O) groups excluding carboxylic acids is 1. The smallest absolute Gasteiger partial charge is 0.416 e. The van der Waals surface area contributed by atoms with Crippen LogP contribution in [0.2, 0.25) is 0 Å². The van der Waals surface area contributed by atoms with Crippen LogP contribution in [0.25, 0.3) is 0 Å². The van der Waals surface area contributed by atoms with Crippen molar-refractivity contribution < 1.29 is 32.4 Å². The van der Waals surface area contributed by atoms with Crippen molar-refractivity contribution in [3.63, 3.8) is 0 Å². The summed E-state index contributed by atoms with van der Waals surface area (Å²) in [7, 11) is 0. The maximum absolute atomic E-state index is 12.8. The van der Waals surface area contributed by atoms with E-state index in [-0.39, 0.29) is 18.8 Å². The maximum atomic E-state index is 12.8. The molecular formula is C19H18F3N3O5. The monoisotopic (exact) mass is 425 g/mol. The molecule has 1 amide bonds. The first-order chi connectivity index (χ1) is 14.1. The third-order valence-corrected chi connectivity index (χ3v) is 4.36. The third-order valence-electron chi connectivity index (χ3n) is 4.36. The highest BCUT2D eigenvalue weighted by atomic mass is 19.4. The van der Waals surface area contributed by atoms with E-state index in [1.54, 1.807) is 24.3 Å². The van der Waals surface area contributed by atoms with E-state index in [4.69, 9.17) is 9.47 Å². The number of nitrogens with one attached hydrogen (secondary N) is 2. The summed E-state index contributed by atoms with van der Waals surface area (Å²) in [6.07, 6.45) is -5.15. The van der Waals surface area contributed by atoms with Gasteiger partial charge in [-0.3, -0.25) is 14.9 Å². The van der Waals surface area contributed by atoms with Gasteiger partial charge in [-0.2, -0.15) is 13.2 Å². The van der Waals surface area contributed by atoms with Crippen LogP contribution in [0.4, 0.5) is 24.5 Å². The fourth-order valence-electron chi connectivity index (χ4n) is 2.81. The van der Waals surface area contributed by atoms with Gasteiger partial charge in [0.15, 0.2) is 11.5 Å². The van der Waals surface area contributed by atoms with Gasteiger partial charge >= 0.3 is 6.18 Å². The number of benzene rings is 2. The normalized spacial score (nSPS) is 16.5. The van der Waals surface area contributed by atoms with Gasteiger partial charge in [0.25, 0.3) is 5.69 Å². The lowest BCUT2D eigenvalue weighted by Gasteiger charge is -2.27. The zero-order chi connectivity index (χ0) is 21.9. The summed E-state index contributed by atoms with van der Waals surface area (Å²) in [5, 5.41) is 16.4. The molecule has 0 bridgehead atoms. The second kappa shape index (κ2) is 8.47. The van der Waals surface area contributed by atoms with Crippen LogP contribution in [0.5, 0.6) is 11.5 Å². The molecule has 160 valence electrons. The molecule has 1 aliphatic rings. The number of amides is 1. The number of hydrogen-bond acceptors (Lipinski definition) is 6. The Balaban J connectivity index is 1.60. The fourth-order valence-corrected chi connectivity index (χ4v) is 2.81. The molecule has 8 nitrogen and oxygen atoms in total. The van der Waals surface area contributed by atoms with Crippen molar-refractivity contribution in [2.24, 2.45) is 0 Å². The van der Waals surface area contributed by atoms with E-state index in [0.717, 1.165) is 6.07 Å². The molecule has 0 saturated heterocycles. The molecule has 2 aromatic rings. The number of halogens is 3. The first-order valence-electron chi connectivity index (χ1n) is 8.93. The molecule has 0 spiro atoms. The molecule has 3 rings (SSSR count). The highest BCUT2D eigenvalue weighted by Crippen LogP contribution is 2.35. The summed E-state index contributed by atoms with van der Waals surface area (Å²) in [4.78, 5) is 22.5. The molecule has 2 N–H and O–H groups in total. The quantitative estimate of drug-likeness (QED) is 0.544. The Kier molecular flexibility index (Phi) is 5.99. The van der Waals surface area contributed by atoms with Crippen molar-refractivity contribution >= 4 is 17.3 Å². The molecule has 0 saturated carbocycles. The lowest BCUT2D eigenvalue weighted by Crippen LogP contribution is -2.45. The van der Waals surface area contributed by atoms with Crippen molar-refractivity contribution in [2.45, 2.75) is 25.2 Å². The number of carbonyl (C=O) groups is 1. The minimum absolute atomic E-state index is 0.119. The van der Waals surface area contributed by atoms with Gasteiger partial charge in [0.05, 0.1) is 17.0 Å². The lowest BCUT2D eigenvalue weighted by atomic mass is 10.1. The Bertz CT molecular complexity index is 951. The number of rotatable bonds is 6. The Morgan fingerprint density at radius 3 is 2.63 bits per heavy atom. The Hall–Kier alpha value is -3.50.